The molecule has 2 rings (SSSR count). The number of ether oxygens (including phenoxy) is 2. The van der Waals surface area contributed by atoms with Gasteiger partial charge in [0.1, 0.15) is 6.10 Å². The number of carbonyl (C=O) groups excluding carboxylic acids is 2. The van der Waals surface area contributed by atoms with Crippen LogP contribution in [0.4, 0.5) is 0 Å². The Balaban J connectivity index is 2.16. The summed E-state index contributed by atoms with van der Waals surface area (Å²) in [6, 6.07) is 0. The largest absolute Gasteiger partial charge is 0.444 e. The molecule has 0 bridgehead atoms. The smallest absolute Gasteiger partial charge is 0.303 e. The molecule has 1 N–H and O–H groups in total. The van der Waals surface area contributed by atoms with E-state index in [1.807, 2.05) is 20.8 Å². The third kappa shape index (κ3) is 3.57. The zero-order valence-corrected chi connectivity index (χ0v) is 13.5. The van der Waals surface area contributed by atoms with Crippen molar-refractivity contribution in [3.63, 3.8) is 0 Å². The summed E-state index contributed by atoms with van der Waals surface area (Å²) in [5.74, 6) is -0.354. The minimum absolute atomic E-state index is 0.162. The second-order valence-corrected chi connectivity index (χ2v) is 7.32. The van der Waals surface area contributed by atoms with E-state index in [4.69, 9.17) is 9.47 Å². The lowest BCUT2D eigenvalue weighted by Gasteiger charge is -2.50. The molecule has 21 heavy (non-hydrogen) atoms. The molecule has 120 valence electrons. The Morgan fingerprint density at radius 3 is 2.24 bits per heavy atom. The minimum Gasteiger partial charge on any atom is -0.444 e. The molecule has 0 unspecified atom stereocenters. The van der Waals surface area contributed by atoms with Gasteiger partial charge >= 0.3 is 5.97 Å². The molecule has 1 saturated carbocycles. The fourth-order valence-corrected chi connectivity index (χ4v) is 3.32. The number of hydrogen-bond donors (Lipinski definition) is 1. The molecule has 0 aromatic carbocycles. The molecule has 1 aliphatic heterocycles. The summed E-state index contributed by atoms with van der Waals surface area (Å²) in [6.07, 6.45) is 5.32. The fourth-order valence-electron chi connectivity index (χ4n) is 3.32. The summed E-state index contributed by atoms with van der Waals surface area (Å²) >= 11 is 0. The van der Waals surface area contributed by atoms with Crippen molar-refractivity contribution >= 4 is 11.9 Å². The van der Waals surface area contributed by atoms with Crippen LogP contribution >= 0.6 is 0 Å². The molecule has 0 aromatic rings. The topological polar surface area (TPSA) is 64.6 Å². The van der Waals surface area contributed by atoms with Gasteiger partial charge in [0, 0.05) is 12.5 Å². The molecule has 1 aliphatic carbocycles. The SMILES string of the molecule is CC(=O)O[C@]1(C(=O)NC(C)(C)C)CO[C@H]1C1CCCCC1. The number of esters is 1. The molecule has 0 aromatic heterocycles. The number of nitrogens with one attached hydrogen (secondary N) is 1. The second kappa shape index (κ2) is 5.95. The zero-order chi connectivity index (χ0) is 15.7. The maximum absolute atomic E-state index is 12.7. The van der Waals surface area contributed by atoms with Crippen LogP contribution in [0.3, 0.4) is 0 Å². The van der Waals surface area contributed by atoms with Gasteiger partial charge in [-0.15, -0.1) is 0 Å². The Morgan fingerprint density at radius 1 is 1.19 bits per heavy atom. The van der Waals surface area contributed by atoms with E-state index in [-0.39, 0.29) is 24.2 Å². The van der Waals surface area contributed by atoms with Crippen molar-refractivity contribution in [1.29, 1.82) is 0 Å². The predicted octanol–water partition coefficient (Wildman–Crippen LogP) is 2.18. The van der Waals surface area contributed by atoms with Gasteiger partial charge < -0.3 is 14.8 Å². The van der Waals surface area contributed by atoms with Crippen LogP contribution in [-0.4, -0.2) is 35.7 Å². The van der Waals surface area contributed by atoms with E-state index in [9.17, 15) is 9.59 Å². The summed E-state index contributed by atoms with van der Waals surface area (Å²) in [6.45, 7) is 7.27. The zero-order valence-electron chi connectivity index (χ0n) is 13.5. The molecule has 0 radical (unpaired) electrons. The second-order valence-electron chi connectivity index (χ2n) is 7.32. The van der Waals surface area contributed by atoms with E-state index in [2.05, 4.69) is 5.32 Å². The van der Waals surface area contributed by atoms with Crippen molar-refractivity contribution in [3.05, 3.63) is 0 Å². The van der Waals surface area contributed by atoms with Crippen molar-refractivity contribution in [3.8, 4) is 0 Å². The van der Waals surface area contributed by atoms with Crippen molar-refractivity contribution in [2.75, 3.05) is 6.61 Å². The summed E-state index contributed by atoms with van der Waals surface area (Å²) in [5, 5.41) is 2.94. The summed E-state index contributed by atoms with van der Waals surface area (Å²) in [5.41, 5.74) is -1.50. The fraction of sp³-hybridized carbons (Fsp3) is 0.875. The number of carbonyl (C=O) groups is 2. The van der Waals surface area contributed by atoms with Gasteiger partial charge in [-0.3, -0.25) is 9.59 Å². The lowest BCUT2D eigenvalue weighted by Crippen LogP contribution is -2.72. The summed E-state index contributed by atoms with van der Waals surface area (Å²) in [7, 11) is 0. The first kappa shape index (κ1) is 16.3. The van der Waals surface area contributed by atoms with E-state index >= 15 is 0 Å². The Hall–Kier alpha value is -1.10. The normalized spacial score (nSPS) is 30.4. The molecular formula is C16H27NO4. The van der Waals surface area contributed by atoms with Gasteiger partial charge in [-0.25, -0.2) is 0 Å². The molecule has 1 saturated heterocycles. The van der Waals surface area contributed by atoms with Crippen LogP contribution < -0.4 is 5.32 Å². The molecule has 1 amide bonds. The Bertz CT molecular complexity index is 409. The van der Waals surface area contributed by atoms with Crippen LogP contribution in [0.1, 0.15) is 59.8 Å². The molecule has 0 spiro atoms. The van der Waals surface area contributed by atoms with Gasteiger partial charge in [0.05, 0.1) is 6.61 Å². The summed E-state index contributed by atoms with van der Waals surface area (Å²) in [4.78, 5) is 24.2. The lowest BCUT2D eigenvalue weighted by atomic mass is 9.74. The Kier molecular flexibility index (Phi) is 4.61. The van der Waals surface area contributed by atoms with Crippen molar-refractivity contribution < 1.29 is 19.1 Å². The molecule has 5 nitrogen and oxygen atoms in total. The van der Waals surface area contributed by atoms with Gasteiger partial charge in [0.2, 0.25) is 5.60 Å². The van der Waals surface area contributed by atoms with Crippen LogP contribution in [0.25, 0.3) is 0 Å². The van der Waals surface area contributed by atoms with Crippen LogP contribution in [0.5, 0.6) is 0 Å². The molecule has 1 heterocycles. The van der Waals surface area contributed by atoms with E-state index in [1.165, 1.54) is 13.3 Å². The predicted molar refractivity (Wildman–Crippen MR) is 78.7 cm³/mol. The first-order valence-electron chi connectivity index (χ1n) is 7.88. The van der Waals surface area contributed by atoms with Crippen molar-refractivity contribution in [1.82, 2.24) is 5.32 Å². The molecule has 2 fully saturated rings. The van der Waals surface area contributed by atoms with Gasteiger partial charge in [0.25, 0.3) is 5.91 Å². The highest BCUT2D eigenvalue weighted by Crippen LogP contribution is 2.41. The monoisotopic (exact) mass is 297 g/mol. The quantitative estimate of drug-likeness (QED) is 0.811. The first-order chi connectivity index (χ1) is 9.74. The van der Waals surface area contributed by atoms with Gasteiger partial charge in [-0.05, 0) is 39.5 Å². The Labute approximate surface area is 126 Å². The van der Waals surface area contributed by atoms with E-state index < -0.39 is 11.6 Å². The third-order valence-corrected chi connectivity index (χ3v) is 4.21. The molecule has 2 aliphatic rings. The van der Waals surface area contributed by atoms with Crippen LogP contribution in [0, 0.1) is 5.92 Å². The molecule has 5 heteroatoms. The first-order valence-corrected chi connectivity index (χ1v) is 7.88. The van der Waals surface area contributed by atoms with Gasteiger partial charge in [-0.1, -0.05) is 19.3 Å². The average molecular weight is 297 g/mol. The van der Waals surface area contributed by atoms with Crippen LogP contribution in [0.2, 0.25) is 0 Å². The van der Waals surface area contributed by atoms with Gasteiger partial charge in [-0.2, -0.15) is 0 Å². The van der Waals surface area contributed by atoms with Crippen molar-refractivity contribution in [2.24, 2.45) is 5.92 Å². The van der Waals surface area contributed by atoms with Gasteiger partial charge in [0.15, 0.2) is 0 Å². The lowest BCUT2D eigenvalue weighted by molar-refractivity contribution is -0.260. The minimum atomic E-state index is -1.14. The van der Waals surface area contributed by atoms with E-state index in [0.717, 1.165) is 25.7 Å². The maximum Gasteiger partial charge on any atom is 0.303 e. The number of hydrogen-bond acceptors (Lipinski definition) is 4. The summed E-state index contributed by atoms with van der Waals surface area (Å²) < 4.78 is 11.2. The van der Waals surface area contributed by atoms with Crippen molar-refractivity contribution in [2.45, 2.75) is 77.0 Å². The number of amides is 1. The molecular weight excluding hydrogens is 270 g/mol. The average Bonchev–Trinajstić information content (AvgIpc) is 2.33. The van der Waals surface area contributed by atoms with E-state index in [0.29, 0.717) is 5.92 Å². The third-order valence-electron chi connectivity index (χ3n) is 4.21. The number of rotatable bonds is 3. The Morgan fingerprint density at radius 2 is 1.81 bits per heavy atom. The van der Waals surface area contributed by atoms with Crippen LogP contribution in [0.15, 0.2) is 0 Å². The van der Waals surface area contributed by atoms with Crippen LogP contribution in [-0.2, 0) is 19.1 Å². The molecule has 2 atom stereocenters. The highest BCUT2D eigenvalue weighted by atomic mass is 16.6. The highest BCUT2D eigenvalue weighted by molar-refractivity contribution is 5.90. The van der Waals surface area contributed by atoms with E-state index in [1.54, 1.807) is 0 Å². The highest BCUT2D eigenvalue weighted by Gasteiger charge is 2.60. The maximum atomic E-state index is 12.7. The standard InChI is InChI=1S/C16H27NO4/c1-11(18)21-16(14(19)17-15(2,3)4)10-20-13(16)12-8-6-5-7-9-12/h12-13H,5-10H2,1-4H3,(H,17,19)/t13-,16+/m0/s1.